The van der Waals surface area contributed by atoms with E-state index in [1.54, 1.807) is 0 Å². The van der Waals surface area contributed by atoms with E-state index in [1.807, 2.05) is 18.5 Å². The van der Waals surface area contributed by atoms with Gasteiger partial charge in [0, 0.05) is 43.6 Å². The van der Waals surface area contributed by atoms with Crippen LogP contribution in [0.15, 0.2) is 252 Å². The highest BCUT2D eigenvalue weighted by Crippen LogP contribution is 2.47. The Morgan fingerprint density at radius 3 is 0.850 bits per heavy atom. The summed E-state index contributed by atoms with van der Waals surface area (Å²) in [5.74, 6) is 0. The molecule has 386 valence electrons. The molecule has 0 fully saturated rings. The maximum Gasteiger partial charge on any atom is 0.0705 e. The lowest BCUT2D eigenvalue weighted by atomic mass is 9.80. The summed E-state index contributed by atoms with van der Waals surface area (Å²) in [6.45, 7) is 13.5. The third kappa shape index (κ3) is 10.1. The monoisotopic (exact) mass is 1160 g/mol. The van der Waals surface area contributed by atoms with Gasteiger partial charge in [-0.25, -0.2) is 0 Å². The maximum atomic E-state index is 5.05. The number of rotatable bonds is 11. The van der Waals surface area contributed by atoms with Crippen LogP contribution < -0.4 is 0 Å². The van der Waals surface area contributed by atoms with E-state index in [1.165, 1.54) is 106 Å². The molecule has 0 bridgehead atoms. The summed E-state index contributed by atoms with van der Waals surface area (Å²) in [5.41, 5.74) is 33.0. The van der Waals surface area contributed by atoms with E-state index >= 15 is 0 Å². The van der Waals surface area contributed by atoms with E-state index in [4.69, 9.17) is 9.97 Å². The molecule has 2 nitrogen and oxygen atoms in total. The maximum absolute atomic E-state index is 5.05. The molecule has 12 aromatic rings. The van der Waals surface area contributed by atoms with Crippen molar-refractivity contribution in [1.29, 1.82) is 0 Å². The second-order valence-corrected chi connectivity index (χ2v) is 22.7. The van der Waals surface area contributed by atoms with Gasteiger partial charge in [-0.2, -0.15) is 0 Å². The lowest BCUT2D eigenvalue weighted by Gasteiger charge is -2.24. The molecule has 0 radical (unpaired) electrons. The number of hydrogen-bond acceptors (Lipinski definition) is 2. The third-order valence-corrected chi connectivity index (χ3v) is 17.5. The summed E-state index contributed by atoms with van der Waals surface area (Å²) in [7, 11) is 0. The van der Waals surface area contributed by atoms with Crippen molar-refractivity contribution in [3.63, 3.8) is 0 Å². The topological polar surface area (TPSA) is 25.8 Å². The number of hydrogen-bond donors (Lipinski definition) is 0. The number of nitrogens with zero attached hydrogens (tertiary/aromatic N) is 2. The summed E-state index contributed by atoms with van der Waals surface area (Å²) < 4.78 is 2.06. The molecule has 2 aromatic heterocycles. The number of pyridine rings is 2. The van der Waals surface area contributed by atoms with Crippen molar-refractivity contribution in [3.05, 3.63) is 285 Å². The number of halogens is 2. The molecule has 2 heterocycles. The molecule has 0 aliphatic heterocycles. The summed E-state index contributed by atoms with van der Waals surface area (Å²) in [6, 6.07) is 82.9. The highest BCUT2D eigenvalue weighted by molar-refractivity contribution is 9.11. The zero-order valence-electron chi connectivity index (χ0n) is 45.7. The molecule has 0 atom stereocenters. The van der Waals surface area contributed by atoms with Gasteiger partial charge < -0.3 is 0 Å². The molecule has 4 heteroatoms. The van der Waals surface area contributed by atoms with Crippen molar-refractivity contribution in [2.24, 2.45) is 0 Å². The van der Waals surface area contributed by atoms with Crippen molar-refractivity contribution in [1.82, 2.24) is 9.97 Å². The number of aromatic nitrogens is 2. The fraction of sp³-hybridized carbons (Fsp3) is 0.0789. The van der Waals surface area contributed by atoms with Gasteiger partial charge in [-0.15, -0.1) is 0 Å². The minimum atomic E-state index is 0.941. The van der Waals surface area contributed by atoms with Crippen LogP contribution in [0.2, 0.25) is 0 Å². The van der Waals surface area contributed by atoms with Gasteiger partial charge in [0.05, 0.1) is 11.4 Å². The van der Waals surface area contributed by atoms with Crippen molar-refractivity contribution in [2.75, 3.05) is 0 Å². The molecule has 12 rings (SSSR count). The molecular weight excluding hydrogens is 1100 g/mol. The average Bonchev–Trinajstić information content (AvgIpc) is 3.51. The summed E-state index contributed by atoms with van der Waals surface area (Å²) in [4.78, 5) is 9.97. The van der Waals surface area contributed by atoms with Crippen LogP contribution in [0, 0.1) is 41.5 Å². The molecular formula is C76H58Br2N2. The molecule has 10 aromatic carbocycles. The van der Waals surface area contributed by atoms with Crippen molar-refractivity contribution >= 4 is 31.9 Å². The predicted octanol–water partition coefficient (Wildman–Crippen LogP) is 22.2. The normalized spacial score (nSPS) is 11.2. The lowest BCUT2D eigenvalue weighted by molar-refractivity contribution is 1.24. The molecule has 0 saturated carbocycles. The smallest absolute Gasteiger partial charge is 0.0705 e. The molecule has 0 saturated heterocycles. The van der Waals surface area contributed by atoms with E-state index in [9.17, 15) is 0 Å². The Hall–Kier alpha value is -8.54. The van der Waals surface area contributed by atoms with E-state index in [0.29, 0.717) is 0 Å². The standard InChI is InChI=1S/C76H58Br2N2/c1-47-41-73(79-45-69(47)59-19-11-8-12-20-59)61-37-39-65(71(77)43-61)63-21-13-15-23-67(63)75-49(3)51(5)76(52(6)50(75)4)68-24-16-14-22-64(68)66-40-38-62(44-72(66)78)74-42-48(2)70(46-80-74)60-35-33-58(34-36-60)57-31-29-56(30-32-57)55-27-25-54(26-28-55)53-17-9-7-10-18-53/h7-46H,1-6H3. The van der Waals surface area contributed by atoms with E-state index in [0.717, 1.165) is 59.3 Å². The molecule has 0 aliphatic carbocycles. The second-order valence-electron chi connectivity index (χ2n) is 21.0. The van der Waals surface area contributed by atoms with Crippen molar-refractivity contribution < 1.29 is 0 Å². The fourth-order valence-corrected chi connectivity index (χ4v) is 12.8. The Bertz CT molecular complexity index is 4250. The van der Waals surface area contributed by atoms with Crippen molar-refractivity contribution in [2.45, 2.75) is 41.5 Å². The zero-order chi connectivity index (χ0) is 55.0. The molecule has 80 heavy (non-hydrogen) atoms. The van der Waals surface area contributed by atoms with Crippen LogP contribution in [0.1, 0.15) is 33.4 Å². The van der Waals surface area contributed by atoms with Crippen LogP contribution >= 0.6 is 31.9 Å². The lowest BCUT2D eigenvalue weighted by Crippen LogP contribution is -2.02. The van der Waals surface area contributed by atoms with Crippen LogP contribution in [0.5, 0.6) is 0 Å². The van der Waals surface area contributed by atoms with Crippen LogP contribution in [0.3, 0.4) is 0 Å². The van der Waals surface area contributed by atoms with E-state index in [2.05, 4.69) is 298 Å². The summed E-state index contributed by atoms with van der Waals surface area (Å²) >= 11 is 8.07. The van der Waals surface area contributed by atoms with Crippen LogP contribution in [0.25, 0.3) is 123 Å². The van der Waals surface area contributed by atoms with Crippen LogP contribution in [-0.2, 0) is 0 Å². The van der Waals surface area contributed by atoms with Gasteiger partial charge in [0.25, 0.3) is 0 Å². The summed E-state index contributed by atoms with van der Waals surface area (Å²) in [5, 5.41) is 0. The Morgan fingerprint density at radius 2 is 0.512 bits per heavy atom. The first-order chi connectivity index (χ1) is 39.0. The van der Waals surface area contributed by atoms with Crippen LogP contribution in [0.4, 0.5) is 0 Å². The van der Waals surface area contributed by atoms with Crippen LogP contribution in [-0.4, -0.2) is 9.97 Å². The van der Waals surface area contributed by atoms with Crippen molar-refractivity contribution in [3.8, 4) is 123 Å². The molecule has 0 amide bonds. The van der Waals surface area contributed by atoms with Gasteiger partial charge in [0.15, 0.2) is 0 Å². The number of benzene rings is 10. The average molecular weight is 1160 g/mol. The first kappa shape index (κ1) is 52.2. The van der Waals surface area contributed by atoms with Gasteiger partial charge in [0.1, 0.15) is 0 Å². The summed E-state index contributed by atoms with van der Waals surface area (Å²) in [6.07, 6.45) is 4.02. The van der Waals surface area contributed by atoms with Gasteiger partial charge in [-0.1, -0.05) is 238 Å². The SMILES string of the molecule is Cc1cc(-c2ccc(-c3ccccc3-c3c(C)c(C)c(-c4ccccc4-c4ccc(-c5cc(C)c(-c6ccc(-c7ccc(-c8ccc(-c9ccccc9)cc8)cc7)cc6)cn5)cc4Br)c(C)c3C)c(Br)c2)ncc1-c1ccccc1. The zero-order valence-corrected chi connectivity index (χ0v) is 48.9. The van der Waals surface area contributed by atoms with Gasteiger partial charge in [0.2, 0.25) is 0 Å². The Labute approximate surface area is 487 Å². The minimum absolute atomic E-state index is 0.941. The molecule has 0 N–H and O–H groups in total. The highest BCUT2D eigenvalue weighted by atomic mass is 79.9. The third-order valence-electron chi connectivity index (χ3n) is 16.2. The first-order valence-corrected chi connectivity index (χ1v) is 28.8. The Balaban J connectivity index is 0.781. The fourth-order valence-electron chi connectivity index (χ4n) is 11.6. The quantitative estimate of drug-likeness (QED) is 0.129. The van der Waals surface area contributed by atoms with Gasteiger partial charge >= 0.3 is 0 Å². The highest BCUT2D eigenvalue weighted by Gasteiger charge is 2.23. The largest absolute Gasteiger partial charge is 0.256 e. The van der Waals surface area contributed by atoms with Gasteiger partial charge in [-0.3, -0.25) is 9.97 Å². The Morgan fingerprint density at radius 1 is 0.237 bits per heavy atom. The second kappa shape index (κ2) is 22.3. The molecule has 0 aliphatic rings. The molecule has 0 unspecified atom stereocenters. The number of aryl methyl sites for hydroxylation is 2. The van der Waals surface area contributed by atoms with E-state index < -0.39 is 0 Å². The minimum Gasteiger partial charge on any atom is -0.256 e. The van der Waals surface area contributed by atoms with Gasteiger partial charge in [-0.05, 0) is 188 Å². The van der Waals surface area contributed by atoms with E-state index in [-0.39, 0.29) is 0 Å². The Kier molecular flexibility index (Phi) is 14.5. The molecule has 0 spiro atoms. The predicted molar refractivity (Wildman–Crippen MR) is 346 cm³/mol. The first-order valence-electron chi connectivity index (χ1n) is 27.2.